The molecule has 1 fully saturated rings. The number of benzene rings is 1. The minimum absolute atomic E-state index is 0.0631. The van der Waals surface area contributed by atoms with Crippen LogP contribution in [0.15, 0.2) is 48.8 Å². The molecule has 7 nitrogen and oxygen atoms in total. The van der Waals surface area contributed by atoms with Gasteiger partial charge in [0.05, 0.1) is 12.6 Å². The highest BCUT2D eigenvalue weighted by Gasteiger charge is 2.23. The second-order valence-corrected chi connectivity index (χ2v) is 6.49. The van der Waals surface area contributed by atoms with E-state index < -0.39 is 0 Å². The normalized spacial score (nSPS) is 16.0. The van der Waals surface area contributed by atoms with E-state index in [0.717, 1.165) is 12.0 Å². The van der Waals surface area contributed by atoms with Crippen molar-refractivity contribution in [2.24, 2.45) is 0 Å². The van der Waals surface area contributed by atoms with Crippen LogP contribution in [0.1, 0.15) is 24.9 Å². The quantitative estimate of drug-likeness (QED) is 0.910. The number of amides is 3. The van der Waals surface area contributed by atoms with Crippen LogP contribution >= 0.6 is 0 Å². The Kier molecular flexibility index (Phi) is 5.88. The minimum Gasteiger partial charge on any atom is -0.341 e. The van der Waals surface area contributed by atoms with Crippen LogP contribution < -0.4 is 5.32 Å². The number of aromatic nitrogens is 2. The van der Waals surface area contributed by atoms with Crippen molar-refractivity contribution in [1.29, 1.82) is 0 Å². The molecule has 3 rings (SSSR count). The molecule has 0 radical (unpaired) electrons. The van der Waals surface area contributed by atoms with Gasteiger partial charge in [-0.05, 0) is 18.1 Å². The van der Waals surface area contributed by atoms with Crippen LogP contribution in [0.3, 0.4) is 0 Å². The number of carbonyl (C=O) groups is 2. The van der Waals surface area contributed by atoms with Gasteiger partial charge in [-0.1, -0.05) is 30.3 Å². The summed E-state index contributed by atoms with van der Waals surface area (Å²) in [6.07, 6.45) is 4.41. The molecular weight excluding hydrogens is 330 g/mol. The molecule has 0 unspecified atom stereocenters. The van der Waals surface area contributed by atoms with Crippen LogP contribution in [0.25, 0.3) is 0 Å². The molecule has 1 aromatic carbocycles. The predicted molar refractivity (Wildman–Crippen MR) is 98.4 cm³/mol. The van der Waals surface area contributed by atoms with Gasteiger partial charge in [-0.2, -0.15) is 5.10 Å². The van der Waals surface area contributed by atoms with Crippen molar-refractivity contribution in [3.8, 4) is 0 Å². The molecule has 138 valence electrons. The third kappa shape index (κ3) is 4.62. The molecule has 1 N–H and O–H groups in total. The zero-order chi connectivity index (χ0) is 18.4. The van der Waals surface area contributed by atoms with Gasteiger partial charge in [0.2, 0.25) is 5.91 Å². The highest BCUT2D eigenvalue weighted by atomic mass is 16.2. The number of nitrogens with zero attached hydrogens (tertiary/aromatic N) is 4. The SMILES string of the molecule is CC(=O)N1CCCN(C(=O)N[C@H](Cn2cccn2)c2ccccc2)CC1. The minimum atomic E-state index is -0.171. The van der Waals surface area contributed by atoms with Crippen molar-refractivity contribution in [2.75, 3.05) is 26.2 Å². The van der Waals surface area contributed by atoms with Crippen molar-refractivity contribution < 1.29 is 9.59 Å². The van der Waals surface area contributed by atoms with Gasteiger partial charge in [-0.25, -0.2) is 4.79 Å². The maximum atomic E-state index is 12.8. The summed E-state index contributed by atoms with van der Waals surface area (Å²) in [4.78, 5) is 28.0. The van der Waals surface area contributed by atoms with E-state index in [1.165, 1.54) is 0 Å². The molecule has 1 aliphatic heterocycles. The lowest BCUT2D eigenvalue weighted by Crippen LogP contribution is -2.44. The van der Waals surface area contributed by atoms with Crippen molar-refractivity contribution in [2.45, 2.75) is 25.9 Å². The fourth-order valence-electron chi connectivity index (χ4n) is 3.19. The average molecular weight is 355 g/mol. The molecule has 26 heavy (non-hydrogen) atoms. The Morgan fingerprint density at radius 2 is 1.81 bits per heavy atom. The molecule has 2 aromatic rings. The molecule has 1 aromatic heterocycles. The topological polar surface area (TPSA) is 70.5 Å². The largest absolute Gasteiger partial charge is 0.341 e. The Labute approximate surface area is 153 Å². The van der Waals surface area contributed by atoms with Gasteiger partial charge in [0.1, 0.15) is 0 Å². The van der Waals surface area contributed by atoms with Gasteiger partial charge < -0.3 is 15.1 Å². The number of rotatable bonds is 4. The monoisotopic (exact) mass is 355 g/mol. The van der Waals surface area contributed by atoms with Gasteiger partial charge in [0.25, 0.3) is 0 Å². The van der Waals surface area contributed by atoms with E-state index in [1.54, 1.807) is 22.9 Å². The highest BCUT2D eigenvalue weighted by molar-refractivity contribution is 5.75. The van der Waals surface area contributed by atoms with E-state index in [0.29, 0.717) is 32.7 Å². The molecule has 0 aliphatic carbocycles. The van der Waals surface area contributed by atoms with Gasteiger partial charge in [0, 0.05) is 45.5 Å². The zero-order valence-electron chi connectivity index (χ0n) is 15.0. The maximum Gasteiger partial charge on any atom is 0.318 e. The van der Waals surface area contributed by atoms with Crippen molar-refractivity contribution in [1.82, 2.24) is 24.9 Å². The fourth-order valence-corrected chi connectivity index (χ4v) is 3.19. The molecule has 3 amide bonds. The van der Waals surface area contributed by atoms with E-state index in [1.807, 2.05) is 47.3 Å². The number of hydrogen-bond donors (Lipinski definition) is 1. The van der Waals surface area contributed by atoms with Gasteiger partial charge in [-0.15, -0.1) is 0 Å². The van der Waals surface area contributed by atoms with Crippen LogP contribution in [0.2, 0.25) is 0 Å². The Balaban J connectivity index is 1.68. The molecule has 2 heterocycles. The first kappa shape index (κ1) is 18.0. The molecule has 0 bridgehead atoms. The Morgan fingerprint density at radius 1 is 1.08 bits per heavy atom. The molecule has 1 atom stereocenters. The van der Waals surface area contributed by atoms with E-state index in [-0.39, 0.29) is 18.0 Å². The lowest BCUT2D eigenvalue weighted by Gasteiger charge is -2.26. The van der Waals surface area contributed by atoms with Crippen molar-refractivity contribution in [3.05, 3.63) is 54.4 Å². The Morgan fingerprint density at radius 3 is 2.50 bits per heavy atom. The first-order valence-corrected chi connectivity index (χ1v) is 8.97. The molecule has 0 spiro atoms. The second kappa shape index (κ2) is 8.51. The van der Waals surface area contributed by atoms with Crippen LogP contribution in [0.4, 0.5) is 4.79 Å². The van der Waals surface area contributed by atoms with E-state index >= 15 is 0 Å². The maximum absolute atomic E-state index is 12.8. The molecular formula is C19H25N5O2. The first-order valence-electron chi connectivity index (χ1n) is 8.97. The van der Waals surface area contributed by atoms with Crippen LogP contribution in [0, 0.1) is 0 Å². The smallest absolute Gasteiger partial charge is 0.318 e. The fraction of sp³-hybridized carbons (Fsp3) is 0.421. The highest BCUT2D eigenvalue weighted by Crippen LogP contribution is 2.16. The van der Waals surface area contributed by atoms with Crippen LogP contribution in [-0.2, 0) is 11.3 Å². The summed E-state index contributed by atoms with van der Waals surface area (Å²) in [7, 11) is 0. The van der Waals surface area contributed by atoms with Crippen LogP contribution in [0.5, 0.6) is 0 Å². The molecule has 7 heteroatoms. The van der Waals surface area contributed by atoms with Gasteiger partial charge in [0.15, 0.2) is 0 Å². The summed E-state index contributed by atoms with van der Waals surface area (Å²) in [5, 5.41) is 7.39. The third-order valence-corrected chi connectivity index (χ3v) is 4.66. The Hall–Kier alpha value is -2.83. The third-order valence-electron chi connectivity index (χ3n) is 4.66. The second-order valence-electron chi connectivity index (χ2n) is 6.49. The first-order chi connectivity index (χ1) is 12.6. The lowest BCUT2D eigenvalue weighted by atomic mass is 10.1. The average Bonchev–Trinajstić information content (AvgIpc) is 3.02. The van der Waals surface area contributed by atoms with Crippen molar-refractivity contribution >= 4 is 11.9 Å². The van der Waals surface area contributed by atoms with E-state index in [9.17, 15) is 9.59 Å². The number of carbonyl (C=O) groups excluding carboxylic acids is 2. The summed E-state index contributed by atoms with van der Waals surface area (Å²) in [5.74, 6) is 0.0631. The number of urea groups is 1. The van der Waals surface area contributed by atoms with Crippen molar-refractivity contribution in [3.63, 3.8) is 0 Å². The predicted octanol–water partition coefficient (Wildman–Crippen LogP) is 1.89. The lowest BCUT2D eigenvalue weighted by molar-refractivity contribution is -0.128. The Bertz CT molecular complexity index is 717. The van der Waals surface area contributed by atoms with E-state index in [4.69, 9.17) is 0 Å². The van der Waals surface area contributed by atoms with Gasteiger partial charge >= 0.3 is 6.03 Å². The number of nitrogens with one attached hydrogen (secondary N) is 1. The molecule has 0 saturated carbocycles. The standard InChI is InChI=1S/C19H25N5O2/c1-16(25)22-10-6-11-23(14-13-22)19(26)21-18(15-24-12-5-9-20-24)17-7-3-2-4-8-17/h2-5,7-9,12,18H,6,10-11,13-15H2,1H3,(H,21,26)/t18-/m1/s1. The van der Waals surface area contributed by atoms with Gasteiger partial charge in [-0.3, -0.25) is 9.48 Å². The van der Waals surface area contributed by atoms with Crippen LogP contribution in [-0.4, -0.2) is 57.7 Å². The zero-order valence-corrected chi connectivity index (χ0v) is 15.0. The summed E-state index contributed by atoms with van der Waals surface area (Å²) in [5.41, 5.74) is 1.04. The summed E-state index contributed by atoms with van der Waals surface area (Å²) in [6, 6.07) is 11.5. The summed E-state index contributed by atoms with van der Waals surface area (Å²) in [6.45, 7) is 4.63. The van der Waals surface area contributed by atoms with E-state index in [2.05, 4.69) is 10.4 Å². The summed E-state index contributed by atoms with van der Waals surface area (Å²) < 4.78 is 1.82. The number of hydrogen-bond acceptors (Lipinski definition) is 3. The molecule has 1 saturated heterocycles. The summed E-state index contributed by atoms with van der Waals surface area (Å²) >= 11 is 0. The molecule has 1 aliphatic rings.